The van der Waals surface area contributed by atoms with Crippen LogP contribution in [-0.4, -0.2) is 22.6 Å². The van der Waals surface area contributed by atoms with Crippen LogP contribution in [0.1, 0.15) is 56.2 Å². The number of hydrogen-bond acceptors (Lipinski definition) is 3. The summed E-state index contributed by atoms with van der Waals surface area (Å²) in [6.07, 6.45) is 6.11. The second-order valence-electron chi connectivity index (χ2n) is 5.34. The summed E-state index contributed by atoms with van der Waals surface area (Å²) in [4.78, 5) is 11.4. The van der Waals surface area contributed by atoms with Crippen LogP contribution in [0.5, 0.6) is 5.75 Å². The van der Waals surface area contributed by atoms with E-state index in [9.17, 15) is 9.90 Å². The monoisotopic (exact) mass is 278 g/mol. The van der Waals surface area contributed by atoms with Crippen LogP contribution in [0.15, 0.2) is 12.1 Å². The third kappa shape index (κ3) is 4.97. The highest BCUT2D eigenvalue weighted by Crippen LogP contribution is 2.28. The lowest BCUT2D eigenvalue weighted by Crippen LogP contribution is -2.08. The number of Topliss-reactive ketones (excluding diaryl/α,β-unsaturated/α-hetero) is 1. The quantitative estimate of drug-likeness (QED) is 0.729. The molecule has 0 aliphatic rings. The number of aliphatic hydroxyl groups excluding tert-OH is 1. The Hall–Kier alpha value is -1.35. The highest BCUT2D eigenvalue weighted by atomic mass is 16.3. The zero-order chi connectivity index (χ0) is 15.0. The minimum atomic E-state index is -0.421. The summed E-state index contributed by atoms with van der Waals surface area (Å²) in [5.41, 5.74) is 2.77. The second kappa shape index (κ2) is 8.75. The van der Waals surface area contributed by atoms with Crippen molar-refractivity contribution in [3.63, 3.8) is 0 Å². The van der Waals surface area contributed by atoms with Crippen LogP contribution in [0.4, 0.5) is 0 Å². The molecule has 0 aliphatic heterocycles. The maximum Gasteiger partial charge on any atom is 0.162 e. The molecule has 2 N–H and O–H groups in total. The van der Waals surface area contributed by atoms with Crippen molar-refractivity contribution in [1.29, 1.82) is 0 Å². The molecule has 112 valence electrons. The van der Waals surface area contributed by atoms with Crippen molar-refractivity contribution < 1.29 is 15.0 Å². The van der Waals surface area contributed by atoms with Gasteiger partial charge in [-0.1, -0.05) is 38.8 Å². The molecule has 0 spiro atoms. The van der Waals surface area contributed by atoms with Gasteiger partial charge in [-0.2, -0.15) is 0 Å². The average molecular weight is 278 g/mol. The molecule has 0 fully saturated rings. The summed E-state index contributed by atoms with van der Waals surface area (Å²) in [5.74, 6) is 0.214. The molecule has 0 radical (unpaired) electrons. The first kappa shape index (κ1) is 16.7. The summed E-state index contributed by atoms with van der Waals surface area (Å²) >= 11 is 0. The Balaban J connectivity index is 3.01. The smallest absolute Gasteiger partial charge is 0.162 e. The van der Waals surface area contributed by atoms with E-state index in [0.717, 1.165) is 55.2 Å². The SMILES string of the molecule is CCCCc1cc(CC(=O)CO)cc(CCCC)c1O. The number of phenolic OH excluding ortho intramolecular Hbond substituents is 1. The van der Waals surface area contributed by atoms with Crippen molar-refractivity contribution in [2.75, 3.05) is 6.61 Å². The van der Waals surface area contributed by atoms with Crippen molar-refractivity contribution in [3.8, 4) is 5.75 Å². The van der Waals surface area contributed by atoms with Gasteiger partial charge in [0.25, 0.3) is 0 Å². The number of unbranched alkanes of at least 4 members (excludes halogenated alkanes) is 2. The van der Waals surface area contributed by atoms with Crippen molar-refractivity contribution in [1.82, 2.24) is 0 Å². The second-order valence-corrected chi connectivity index (χ2v) is 5.34. The fourth-order valence-corrected chi connectivity index (χ4v) is 2.33. The van der Waals surface area contributed by atoms with Crippen molar-refractivity contribution in [2.45, 2.75) is 58.8 Å². The van der Waals surface area contributed by atoms with Crippen LogP contribution in [0.3, 0.4) is 0 Å². The third-order valence-electron chi connectivity index (χ3n) is 3.50. The fraction of sp³-hybridized carbons (Fsp3) is 0.588. The molecule has 0 amide bonds. The molecule has 3 nitrogen and oxygen atoms in total. The molecular formula is C17H26O3. The topological polar surface area (TPSA) is 57.5 Å². The van der Waals surface area contributed by atoms with E-state index in [1.54, 1.807) is 0 Å². The van der Waals surface area contributed by atoms with Gasteiger partial charge in [0.05, 0.1) is 0 Å². The van der Waals surface area contributed by atoms with Gasteiger partial charge in [0.15, 0.2) is 5.78 Å². The third-order valence-corrected chi connectivity index (χ3v) is 3.50. The standard InChI is InChI=1S/C17H26O3/c1-3-5-7-14-9-13(11-16(19)12-18)10-15(17(14)20)8-6-4-2/h9-10,18,20H,3-8,11-12H2,1-2H3. The molecule has 0 atom stereocenters. The lowest BCUT2D eigenvalue weighted by Gasteiger charge is -2.13. The predicted octanol–water partition coefficient (Wildman–Crippen LogP) is 3.18. The van der Waals surface area contributed by atoms with Gasteiger partial charge >= 0.3 is 0 Å². The van der Waals surface area contributed by atoms with E-state index in [4.69, 9.17) is 5.11 Å². The van der Waals surface area contributed by atoms with Gasteiger partial charge in [-0.05, 0) is 42.4 Å². The van der Waals surface area contributed by atoms with Gasteiger partial charge in [0.2, 0.25) is 0 Å². The number of aryl methyl sites for hydroxylation is 2. The molecule has 0 saturated heterocycles. The van der Waals surface area contributed by atoms with Crippen molar-refractivity contribution in [2.24, 2.45) is 0 Å². The number of carbonyl (C=O) groups is 1. The zero-order valence-electron chi connectivity index (χ0n) is 12.6. The van der Waals surface area contributed by atoms with Crippen molar-refractivity contribution >= 4 is 5.78 Å². The first-order valence-electron chi connectivity index (χ1n) is 7.58. The maximum atomic E-state index is 11.4. The average Bonchev–Trinajstić information content (AvgIpc) is 2.45. The van der Waals surface area contributed by atoms with Gasteiger partial charge in [-0.15, -0.1) is 0 Å². The molecule has 1 aromatic rings. The number of hydrogen-bond donors (Lipinski definition) is 2. The molecule has 0 aromatic heterocycles. The Bertz CT molecular complexity index is 409. The van der Waals surface area contributed by atoms with Crippen LogP contribution in [0.25, 0.3) is 0 Å². The molecule has 0 aliphatic carbocycles. The van der Waals surface area contributed by atoms with Crippen molar-refractivity contribution in [3.05, 3.63) is 28.8 Å². The largest absolute Gasteiger partial charge is 0.507 e. The Labute approximate surface area is 121 Å². The number of phenols is 1. The van der Waals surface area contributed by atoms with E-state index in [2.05, 4.69) is 13.8 Å². The molecule has 0 bridgehead atoms. The fourth-order valence-electron chi connectivity index (χ4n) is 2.33. The van der Waals surface area contributed by atoms with Gasteiger partial charge in [0, 0.05) is 6.42 Å². The van der Waals surface area contributed by atoms with E-state index < -0.39 is 6.61 Å². The summed E-state index contributed by atoms with van der Waals surface area (Å²) < 4.78 is 0. The number of carbonyl (C=O) groups excluding carboxylic acids is 1. The Kier molecular flexibility index (Phi) is 7.31. The summed E-state index contributed by atoms with van der Waals surface area (Å²) in [6, 6.07) is 3.82. The Morgan fingerprint density at radius 1 is 1.05 bits per heavy atom. The predicted molar refractivity (Wildman–Crippen MR) is 81.1 cm³/mol. The van der Waals surface area contributed by atoms with Crippen LogP contribution in [0.2, 0.25) is 0 Å². The molecule has 1 rings (SSSR count). The normalized spacial score (nSPS) is 10.8. The number of ketones is 1. The lowest BCUT2D eigenvalue weighted by atomic mass is 9.95. The molecule has 20 heavy (non-hydrogen) atoms. The van der Waals surface area contributed by atoms with Crippen LogP contribution in [0, 0.1) is 0 Å². The molecule has 3 heteroatoms. The maximum absolute atomic E-state index is 11.4. The highest BCUT2D eigenvalue weighted by molar-refractivity contribution is 5.82. The van der Waals surface area contributed by atoms with Gasteiger partial charge < -0.3 is 10.2 Å². The molecule has 0 saturated carbocycles. The van der Waals surface area contributed by atoms with Crippen LogP contribution < -0.4 is 0 Å². The summed E-state index contributed by atoms with van der Waals surface area (Å²) in [5, 5.41) is 19.2. The Morgan fingerprint density at radius 2 is 1.55 bits per heavy atom. The van der Waals surface area contributed by atoms with E-state index in [1.807, 2.05) is 12.1 Å². The first-order valence-corrected chi connectivity index (χ1v) is 7.58. The Morgan fingerprint density at radius 3 is 1.95 bits per heavy atom. The first-order chi connectivity index (χ1) is 9.62. The summed E-state index contributed by atoms with van der Waals surface area (Å²) in [6.45, 7) is 3.82. The lowest BCUT2D eigenvalue weighted by molar-refractivity contribution is -0.121. The zero-order valence-corrected chi connectivity index (χ0v) is 12.6. The molecule has 1 aromatic carbocycles. The molecule has 0 heterocycles. The molecule has 0 unspecified atom stereocenters. The van der Waals surface area contributed by atoms with Gasteiger partial charge in [0.1, 0.15) is 12.4 Å². The van der Waals surface area contributed by atoms with E-state index >= 15 is 0 Å². The van der Waals surface area contributed by atoms with E-state index in [-0.39, 0.29) is 12.2 Å². The number of rotatable bonds is 9. The van der Waals surface area contributed by atoms with E-state index in [0.29, 0.717) is 5.75 Å². The minimum absolute atomic E-state index is 0.182. The highest BCUT2D eigenvalue weighted by Gasteiger charge is 2.11. The van der Waals surface area contributed by atoms with Crippen LogP contribution >= 0.6 is 0 Å². The minimum Gasteiger partial charge on any atom is -0.507 e. The molecular weight excluding hydrogens is 252 g/mol. The summed E-state index contributed by atoms with van der Waals surface area (Å²) in [7, 11) is 0. The van der Waals surface area contributed by atoms with Gasteiger partial charge in [-0.3, -0.25) is 4.79 Å². The van der Waals surface area contributed by atoms with Crippen LogP contribution in [-0.2, 0) is 24.1 Å². The number of aromatic hydroxyl groups is 1. The number of benzene rings is 1. The number of aliphatic hydroxyl groups is 1. The van der Waals surface area contributed by atoms with E-state index in [1.165, 1.54) is 0 Å². The van der Waals surface area contributed by atoms with Gasteiger partial charge in [-0.25, -0.2) is 0 Å².